The molecule has 3 saturated carbocycles. The minimum Gasteiger partial charge on any atom is -0.391 e. The molecule has 10 atom stereocenters. The third kappa shape index (κ3) is 5.47. The fourth-order valence-corrected chi connectivity index (χ4v) is 9.97. The van der Waals surface area contributed by atoms with Gasteiger partial charge in [-0.05, 0) is 105 Å². The van der Waals surface area contributed by atoms with E-state index in [1.807, 2.05) is 24.3 Å². The normalized spacial score (nSPS) is 42.2. The van der Waals surface area contributed by atoms with Gasteiger partial charge in [-0.25, -0.2) is 0 Å². The Kier molecular flexibility index (Phi) is 8.48. The van der Waals surface area contributed by atoms with Crippen molar-refractivity contribution in [2.24, 2.45) is 45.6 Å². The highest BCUT2D eigenvalue weighted by atomic mass is 35.5. The van der Waals surface area contributed by atoms with Crippen LogP contribution in [0.25, 0.3) is 0 Å². The maximum absolute atomic E-state index is 6.55. The molecule has 0 bridgehead atoms. The predicted octanol–water partition coefficient (Wildman–Crippen LogP) is 9.52. The van der Waals surface area contributed by atoms with Gasteiger partial charge in [-0.1, -0.05) is 80.4 Å². The van der Waals surface area contributed by atoms with Crippen molar-refractivity contribution < 1.29 is 14.3 Å². The van der Waals surface area contributed by atoms with E-state index in [-0.39, 0.29) is 18.5 Å². The molecular formula is C36H50ClNO3. The molecule has 1 aromatic rings. The molecule has 1 aliphatic heterocycles. The van der Waals surface area contributed by atoms with E-state index in [0.29, 0.717) is 29.3 Å². The third-order valence-electron chi connectivity index (χ3n) is 12.1. The van der Waals surface area contributed by atoms with Crippen molar-refractivity contribution >= 4 is 17.3 Å². The Morgan fingerprint density at radius 1 is 1.07 bits per heavy atom. The van der Waals surface area contributed by atoms with E-state index in [2.05, 4.69) is 58.0 Å². The van der Waals surface area contributed by atoms with Crippen LogP contribution in [0.2, 0.25) is 5.02 Å². The van der Waals surface area contributed by atoms with E-state index in [4.69, 9.17) is 25.9 Å². The molecule has 3 fully saturated rings. The van der Waals surface area contributed by atoms with E-state index in [0.717, 1.165) is 53.3 Å². The minimum atomic E-state index is -0.188. The molecule has 1 heterocycles. The summed E-state index contributed by atoms with van der Waals surface area (Å²) in [5.74, 6) is 3.29. The van der Waals surface area contributed by atoms with Gasteiger partial charge in [0.25, 0.3) is 0 Å². The highest BCUT2D eigenvalue weighted by molar-refractivity contribution is 6.31. The number of allylic oxidation sites excluding steroid dienone is 1. The quantitative estimate of drug-likeness (QED) is 0.183. The Labute approximate surface area is 252 Å². The SMILES string of the molecule is CC[C@H]1OC(OC2CC[C@@]3(C)C(=CCC4C3CC[C@@]3(C)C4CC[C@@H]3/C(C)=N/OCc3ccccc3Cl)C2)C=C[C@@H]1C. The molecule has 0 aromatic heterocycles. The lowest BCUT2D eigenvalue weighted by atomic mass is 9.47. The zero-order valence-electron chi connectivity index (χ0n) is 25.8. The molecule has 4 aliphatic carbocycles. The van der Waals surface area contributed by atoms with Gasteiger partial charge in [0.15, 0.2) is 6.29 Å². The van der Waals surface area contributed by atoms with Gasteiger partial charge < -0.3 is 14.3 Å². The molecule has 5 aliphatic rings. The molecule has 0 radical (unpaired) electrons. The number of rotatable bonds is 7. The molecule has 6 rings (SSSR count). The van der Waals surface area contributed by atoms with Gasteiger partial charge in [0.05, 0.1) is 17.9 Å². The number of halogens is 1. The van der Waals surface area contributed by atoms with E-state index < -0.39 is 0 Å². The average Bonchev–Trinajstić information content (AvgIpc) is 3.32. The van der Waals surface area contributed by atoms with Crippen molar-refractivity contribution in [3.8, 4) is 0 Å². The first-order chi connectivity index (χ1) is 19.7. The van der Waals surface area contributed by atoms with Crippen LogP contribution in [0, 0.1) is 40.4 Å². The average molecular weight is 580 g/mol. The van der Waals surface area contributed by atoms with Crippen LogP contribution < -0.4 is 0 Å². The maximum Gasteiger partial charge on any atom is 0.177 e. The lowest BCUT2D eigenvalue weighted by molar-refractivity contribution is -0.188. The second kappa shape index (κ2) is 11.8. The van der Waals surface area contributed by atoms with Gasteiger partial charge in [-0.15, -0.1) is 0 Å². The summed E-state index contributed by atoms with van der Waals surface area (Å²) in [5.41, 5.74) is 4.44. The molecular weight excluding hydrogens is 530 g/mol. The fraction of sp³-hybridized carbons (Fsp3) is 0.694. The molecule has 5 unspecified atom stereocenters. The van der Waals surface area contributed by atoms with Crippen molar-refractivity contribution in [3.63, 3.8) is 0 Å². The van der Waals surface area contributed by atoms with Crippen molar-refractivity contribution in [1.82, 2.24) is 0 Å². The number of ether oxygens (including phenoxy) is 2. The summed E-state index contributed by atoms with van der Waals surface area (Å²) in [6, 6.07) is 7.86. The Morgan fingerprint density at radius 3 is 2.71 bits per heavy atom. The summed E-state index contributed by atoms with van der Waals surface area (Å²) in [4.78, 5) is 5.84. The first-order valence-electron chi connectivity index (χ1n) is 16.3. The molecule has 224 valence electrons. The molecule has 5 heteroatoms. The summed E-state index contributed by atoms with van der Waals surface area (Å²) in [6.45, 7) is 12.2. The number of fused-ring (bicyclic) bond motifs is 5. The summed E-state index contributed by atoms with van der Waals surface area (Å²) in [6.07, 6.45) is 18.3. The van der Waals surface area contributed by atoms with Crippen LogP contribution in [0.4, 0.5) is 0 Å². The zero-order chi connectivity index (χ0) is 28.8. The fourth-order valence-electron chi connectivity index (χ4n) is 9.78. The smallest absolute Gasteiger partial charge is 0.177 e. The lowest BCUT2D eigenvalue weighted by Crippen LogP contribution is -2.51. The topological polar surface area (TPSA) is 40.0 Å². The predicted molar refractivity (Wildman–Crippen MR) is 167 cm³/mol. The second-order valence-electron chi connectivity index (χ2n) is 14.2. The summed E-state index contributed by atoms with van der Waals surface area (Å²) >= 11 is 6.32. The zero-order valence-corrected chi connectivity index (χ0v) is 26.5. The van der Waals surface area contributed by atoms with Crippen LogP contribution in [-0.2, 0) is 20.9 Å². The molecule has 1 aromatic carbocycles. The molecule has 0 N–H and O–H groups in total. The highest BCUT2D eigenvalue weighted by Crippen LogP contribution is 2.66. The number of nitrogens with zero attached hydrogens (tertiary/aromatic N) is 1. The van der Waals surface area contributed by atoms with Crippen LogP contribution in [0.3, 0.4) is 0 Å². The van der Waals surface area contributed by atoms with Crippen molar-refractivity contribution in [2.75, 3.05) is 0 Å². The first kappa shape index (κ1) is 29.5. The second-order valence-corrected chi connectivity index (χ2v) is 14.6. The largest absolute Gasteiger partial charge is 0.391 e. The van der Waals surface area contributed by atoms with Crippen LogP contribution in [0.15, 0.2) is 53.2 Å². The molecule has 4 nitrogen and oxygen atoms in total. The van der Waals surface area contributed by atoms with Gasteiger partial charge in [0.2, 0.25) is 0 Å². The van der Waals surface area contributed by atoms with Crippen LogP contribution >= 0.6 is 11.6 Å². The molecule has 0 saturated heterocycles. The number of benzene rings is 1. The van der Waals surface area contributed by atoms with E-state index in [1.54, 1.807) is 5.57 Å². The number of hydrogen-bond donors (Lipinski definition) is 0. The van der Waals surface area contributed by atoms with Gasteiger partial charge >= 0.3 is 0 Å². The van der Waals surface area contributed by atoms with Crippen molar-refractivity contribution in [2.45, 2.75) is 118 Å². The minimum absolute atomic E-state index is 0.188. The van der Waals surface area contributed by atoms with E-state index in [9.17, 15) is 0 Å². The molecule has 41 heavy (non-hydrogen) atoms. The van der Waals surface area contributed by atoms with Crippen LogP contribution in [0.1, 0.15) is 98.0 Å². The van der Waals surface area contributed by atoms with Crippen molar-refractivity contribution in [1.29, 1.82) is 0 Å². The van der Waals surface area contributed by atoms with E-state index in [1.165, 1.54) is 38.5 Å². The summed E-state index contributed by atoms with van der Waals surface area (Å²) in [7, 11) is 0. The summed E-state index contributed by atoms with van der Waals surface area (Å²) < 4.78 is 12.8. The number of oxime groups is 1. The standard InChI is InChI=1S/C36H50ClNO3/c1-6-33-23(2)11-16-34(41-33)40-27-17-19-35(4)26(21-27)12-13-28-30-15-14-29(36(30,5)20-18-31(28)35)24(3)38-39-22-25-9-7-8-10-32(25)37/h7-12,16,23,27-31,33-34H,6,13-15,17-22H2,1-5H3/b38-24+/t23-,27?,28?,29+,30?,31?,33+,34?,35-,36+/m0/s1. The van der Waals surface area contributed by atoms with Gasteiger partial charge in [0, 0.05) is 22.4 Å². The van der Waals surface area contributed by atoms with Crippen LogP contribution in [0.5, 0.6) is 0 Å². The van der Waals surface area contributed by atoms with Gasteiger partial charge in [-0.3, -0.25) is 0 Å². The first-order valence-corrected chi connectivity index (χ1v) is 16.7. The Balaban J connectivity index is 1.11. The molecule has 0 spiro atoms. The summed E-state index contributed by atoms with van der Waals surface area (Å²) in [5, 5.41) is 5.39. The highest BCUT2D eigenvalue weighted by Gasteiger charge is 2.59. The Morgan fingerprint density at radius 2 is 1.90 bits per heavy atom. The van der Waals surface area contributed by atoms with Gasteiger partial charge in [0.1, 0.15) is 6.61 Å². The van der Waals surface area contributed by atoms with Gasteiger partial charge in [-0.2, -0.15) is 0 Å². The van der Waals surface area contributed by atoms with E-state index >= 15 is 0 Å². The van der Waals surface area contributed by atoms with Crippen LogP contribution in [-0.4, -0.2) is 24.2 Å². The Bertz CT molecular complexity index is 1190. The molecule has 0 amide bonds. The lowest BCUT2D eigenvalue weighted by Gasteiger charge is -2.58. The Hall–Kier alpha value is -1.62. The van der Waals surface area contributed by atoms with Crippen molar-refractivity contribution in [3.05, 3.63) is 58.7 Å². The third-order valence-corrected chi connectivity index (χ3v) is 12.5. The monoisotopic (exact) mass is 579 g/mol. The number of hydrogen-bond acceptors (Lipinski definition) is 4. The maximum atomic E-state index is 6.55.